The fraction of sp³-hybridized carbons (Fsp3) is 0.429. The summed E-state index contributed by atoms with van der Waals surface area (Å²) in [5.41, 5.74) is 0.438. The van der Waals surface area contributed by atoms with Gasteiger partial charge in [-0.3, -0.25) is 14.5 Å². The van der Waals surface area contributed by atoms with E-state index in [1.165, 1.54) is 11.3 Å². The molecule has 2 aliphatic rings. The van der Waals surface area contributed by atoms with E-state index in [-0.39, 0.29) is 12.5 Å². The lowest BCUT2D eigenvalue weighted by Gasteiger charge is -2.34. The summed E-state index contributed by atoms with van der Waals surface area (Å²) >= 11 is 13.4. The minimum Gasteiger partial charge on any atom is -0.323 e. The van der Waals surface area contributed by atoms with E-state index in [9.17, 15) is 14.4 Å². The van der Waals surface area contributed by atoms with Crippen LogP contribution < -0.4 is 10.6 Å². The number of amides is 4. The van der Waals surface area contributed by atoms with Gasteiger partial charge in [-0.1, -0.05) is 36.5 Å². The average Bonchev–Trinajstić information content (AvgIpc) is 3.27. The van der Waals surface area contributed by atoms with E-state index < -0.39 is 17.5 Å². The van der Waals surface area contributed by atoms with Gasteiger partial charge in [0.2, 0.25) is 5.91 Å². The van der Waals surface area contributed by atoms with Crippen molar-refractivity contribution in [1.29, 1.82) is 0 Å². The summed E-state index contributed by atoms with van der Waals surface area (Å²) in [4.78, 5) is 43.3. The van der Waals surface area contributed by atoms with Gasteiger partial charge in [-0.25, -0.2) is 9.78 Å². The van der Waals surface area contributed by atoms with Crippen LogP contribution >= 0.6 is 34.5 Å². The zero-order valence-electron chi connectivity index (χ0n) is 16.9. The number of urea groups is 1. The van der Waals surface area contributed by atoms with Gasteiger partial charge in [0.05, 0.1) is 10.7 Å². The Bertz CT molecular complexity index is 1030. The third-order valence-electron chi connectivity index (χ3n) is 6.04. The molecule has 1 spiro atoms. The fourth-order valence-corrected chi connectivity index (χ4v) is 5.42. The number of carbonyl (C=O) groups is 3. The van der Waals surface area contributed by atoms with E-state index in [1.807, 2.05) is 0 Å². The summed E-state index contributed by atoms with van der Waals surface area (Å²) in [6.07, 6.45) is 4.11. The Balaban J connectivity index is 1.40. The number of aromatic nitrogens is 1. The molecule has 0 atom stereocenters. The maximum atomic E-state index is 13.0. The van der Waals surface area contributed by atoms with Crippen molar-refractivity contribution in [3.8, 4) is 11.3 Å². The number of thiazole rings is 1. The number of halogens is 2. The molecule has 2 N–H and O–H groups in total. The normalized spacial score (nSPS) is 23.3. The summed E-state index contributed by atoms with van der Waals surface area (Å²) in [5.74, 6) is -0.207. The van der Waals surface area contributed by atoms with Crippen LogP contribution in [0.2, 0.25) is 10.0 Å². The highest BCUT2D eigenvalue weighted by atomic mass is 35.5. The van der Waals surface area contributed by atoms with E-state index >= 15 is 0 Å². The lowest BCUT2D eigenvalue weighted by atomic mass is 9.75. The van der Waals surface area contributed by atoms with Gasteiger partial charge in [-0.15, -0.1) is 11.3 Å². The van der Waals surface area contributed by atoms with E-state index in [2.05, 4.69) is 22.5 Å². The number of hydrogen-bond acceptors (Lipinski definition) is 5. The minimum atomic E-state index is -0.858. The number of nitrogens with zero attached hydrogens (tertiary/aromatic N) is 2. The second-order valence-corrected chi connectivity index (χ2v) is 9.67. The minimum absolute atomic E-state index is 0.310. The molecule has 7 nitrogen and oxygen atoms in total. The zero-order valence-corrected chi connectivity index (χ0v) is 19.2. The largest absolute Gasteiger partial charge is 0.325 e. The Labute approximate surface area is 194 Å². The van der Waals surface area contributed by atoms with Crippen LogP contribution in [0, 0.1) is 5.92 Å². The SMILES string of the molecule is CCC1CCC2(CC1)NC(=O)N(CC(=O)Nc1nc(-c3ccc(Cl)cc3Cl)cs1)C2=O. The quantitative estimate of drug-likeness (QED) is 0.592. The van der Waals surface area contributed by atoms with Crippen LogP contribution in [-0.2, 0) is 9.59 Å². The van der Waals surface area contributed by atoms with E-state index in [0.717, 1.165) is 24.2 Å². The van der Waals surface area contributed by atoms with Crippen LogP contribution in [0.5, 0.6) is 0 Å². The number of anilines is 1. The molecule has 1 saturated heterocycles. The number of rotatable bonds is 5. The molecular formula is C21H22Cl2N4O3S. The van der Waals surface area contributed by atoms with Crippen LogP contribution in [-0.4, -0.2) is 39.8 Å². The molecular weight excluding hydrogens is 459 g/mol. The first-order chi connectivity index (χ1) is 14.8. The van der Waals surface area contributed by atoms with Crippen LogP contribution in [0.4, 0.5) is 9.93 Å². The number of hydrogen-bond donors (Lipinski definition) is 2. The number of carbonyl (C=O) groups excluding carboxylic acids is 3. The molecule has 1 aliphatic heterocycles. The van der Waals surface area contributed by atoms with Gasteiger partial charge in [0, 0.05) is 16.0 Å². The lowest BCUT2D eigenvalue weighted by Crippen LogP contribution is -2.49. The van der Waals surface area contributed by atoms with E-state index in [1.54, 1.807) is 23.6 Å². The topological polar surface area (TPSA) is 91.4 Å². The molecule has 164 valence electrons. The molecule has 0 unspecified atom stereocenters. The Morgan fingerprint density at radius 3 is 2.74 bits per heavy atom. The molecule has 2 fully saturated rings. The monoisotopic (exact) mass is 480 g/mol. The summed E-state index contributed by atoms with van der Waals surface area (Å²) in [6.45, 7) is 1.79. The van der Waals surface area contributed by atoms with Crippen LogP contribution in [0.15, 0.2) is 23.6 Å². The van der Waals surface area contributed by atoms with Crippen molar-refractivity contribution in [3.05, 3.63) is 33.6 Å². The van der Waals surface area contributed by atoms with Crippen molar-refractivity contribution in [2.24, 2.45) is 5.92 Å². The summed E-state index contributed by atoms with van der Waals surface area (Å²) in [5, 5.41) is 8.60. The van der Waals surface area contributed by atoms with E-state index in [4.69, 9.17) is 23.2 Å². The van der Waals surface area contributed by atoms with Gasteiger partial charge in [0.25, 0.3) is 5.91 Å². The number of nitrogens with one attached hydrogen (secondary N) is 2. The van der Waals surface area contributed by atoms with Gasteiger partial charge < -0.3 is 10.6 Å². The summed E-state index contributed by atoms with van der Waals surface area (Å²) in [6, 6.07) is 4.58. The second-order valence-electron chi connectivity index (χ2n) is 7.97. The molecule has 31 heavy (non-hydrogen) atoms. The van der Waals surface area contributed by atoms with Gasteiger partial charge in [-0.05, 0) is 49.8 Å². The Kier molecular flexibility index (Phi) is 6.23. The smallest absolute Gasteiger partial charge is 0.323 e. The van der Waals surface area contributed by atoms with Crippen molar-refractivity contribution in [2.75, 3.05) is 11.9 Å². The molecule has 1 aromatic heterocycles. The highest BCUT2D eigenvalue weighted by molar-refractivity contribution is 7.14. The second kappa shape index (κ2) is 8.76. The third kappa shape index (κ3) is 4.42. The first-order valence-corrected chi connectivity index (χ1v) is 11.8. The maximum absolute atomic E-state index is 13.0. The highest BCUT2D eigenvalue weighted by Gasteiger charge is 2.52. The molecule has 2 aromatic rings. The predicted octanol–water partition coefficient (Wildman–Crippen LogP) is 4.95. The molecule has 0 radical (unpaired) electrons. The fourth-order valence-electron chi connectivity index (χ4n) is 4.19. The molecule has 2 heterocycles. The Morgan fingerprint density at radius 1 is 1.32 bits per heavy atom. The van der Waals surface area contributed by atoms with Crippen molar-refractivity contribution < 1.29 is 14.4 Å². The zero-order chi connectivity index (χ0) is 22.2. The van der Waals surface area contributed by atoms with Gasteiger partial charge in [-0.2, -0.15) is 0 Å². The summed E-state index contributed by atoms with van der Waals surface area (Å²) < 4.78 is 0. The molecule has 1 aromatic carbocycles. The van der Waals surface area contributed by atoms with Crippen molar-refractivity contribution in [3.63, 3.8) is 0 Å². The molecule has 1 saturated carbocycles. The van der Waals surface area contributed by atoms with E-state index in [0.29, 0.717) is 45.2 Å². The Morgan fingerprint density at radius 2 is 2.06 bits per heavy atom. The third-order valence-corrected chi connectivity index (χ3v) is 7.35. The molecule has 10 heteroatoms. The highest BCUT2D eigenvalue weighted by Crippen LogP contribution is 2.37. The first kappa shape index (κ1) is 22.0. The van der Waals surface area contributed by atoms with Crippen LogP contribution in [0.3, 0.4) is 0 Å². The molecule has 4 rings (SSSR count). The number of imide groups is 1. The van der Waals surface area contributed by atoms with Crippen molar-refractivity contribution in [2.45, 2.75) is 44.6 Å². The molecule has 1 aliphatic carbocycles. The van der Waals surface area contributed by atoms with Gasteiger partial charge in [0.1, 0.15) is 12.1 Å². The predicted molar refractivity (Wildman–Crippen MR) is 121 cm³/mol. The number of benzene rings is 1. The van der Waals surface area contributed by atoms with Crippen LogP contribution in [0.1, 0.15) is 39.0 Å². The van der Waals surface area contributed by atoms with Gasteiger partial charge in [0.15, 0.2) is 5.13 Å². The standard InChI is InChI=1S/C21H22Cl2N4O3S/c1-2-12-5-7-21(8-6-12)18(29)27(20(30)26-21)10-17(28)25-19-24-16(11-31-19)14-4-3-13(22)9-15(14)23/h3-4,9,11-12H,2,5-8,10H2,1H3,(H,26,30)(H,24,25,28). The van der Waals surface area contributed by atoms with Crippen molar-refractivity contribution in [1.82, 2.24) is 15.2 Å². The molecule has 0 bridgehead atoms. The first-order valence-electron chi connectivity index (χ1n) is 10.2. The maximum Gasteiger partial charge on any atom is 0.325 e. The van der Waals surface area contributed by atoms with Crippen LogP contribution in [0.25, 0.3) is 11.3 Å². The average molecular weight is 481 g/mol. The van der Waals surface area contributed by atoms with Crippen molar-refractivity contribution >= 4 is 57.5 Å². The lowest BCUT2D eigenvalue weighted by molar-refractivity contribution is -0.135. The Hall–Kier alpha value is -2.16. The summed E-state index contributed by atoms with van der Waals surface area (Å²) in [7, 11) is 0. The molecule has 4 amide bonds. The van der Waals surface area contributed by atoms with Gasteiger partial charge >= 0.3 is 6.03 Å².